The second-order valence-electron chi connectivity index (χ2n) is 6.18. The van der Waals surface area contributed by atoms with E-state index in [2.05, 4.69) is 25.7 Å². The van der Waals surface area contributed by atoms with Gasteiger partial charge in [-0.05, 0) is 32.7 Å². The fourth-order valence-electron chi connectivity index (χ4n) is 3.50. The van der Waals surface area contributed by atoms with Crippen LogP contribution < -0.4 is 0 Å². The molecule has 5 nitrogen and oxygen atoms in total. The topological polar surface area (TPSA) is 59.0 Å². The zero-order valence-corrected chi connectivity index (χ0v) is 12.8. The molecule has 4 unspecified atom stereocenters. The fourth-order valence-corrected chi connectivity index (χ4v) is 3.50. The normalized spacial score (nSPS) is 38.3. The number of nitrogens with zero attached hydrogens (tertiary/aromatic N) is 1. The van der Waals surface area contributed by atoms with Gasteiger partial charge in [0.1, 0.15) is 0 Å². The Bertz CT molecular complexity index is 349. The summed E-state index contributed by atoms with van der Waals surface area (Å²) in [6, 6.07) is 0.397. The van der Waals surface area contributed by atoms with Gasteiger partial charge in [-0.3, -0.25) is 9.69 Å². The lowest BCUT2D eigenvalue weighted by Gasteiger charge is -2.44. The molecule has 0 aromatic carbocycles. The SMILES string of the molecule is CCN(C1CCOC(C)(CC)C1)C1COCC1C(=O)O. The van der Waals surface area contributed by atoms with Crippen LogP contribution in [0.3, 0.4) is 0 Å². The second-order valence-corrected chi connectivity index (χ2v) is 6.18. The van der Waals surface area contributed by atoms with Crippen molar-refractivity contribution in [3.8, 4) is 0 Å². The predicted octanol–water partition coefficient (Wildman–Crippen LogP) is 1.76. The van der Waals surface area contributed by atoms with E-state index < -0.39 is 11.9 Å². The number of hydrogen-bond donors (Lipinski definition) is 1. The summed E-state index contributed by atoms with van der Waals surface area (Å²) in [5, 5.41) is 9.34. The largest absolute Gasteiger partial charge is 0.481 e. The summed E-state index contributed by atoms with van der Waals surface area (Å²) in [6.45, 7) is 8.91. The van der Waals surface area contributed by atoms with Gasteiger partial charge in [-0.1, -0.05) is 13.8 Å². The average molecular weight is 285 g/mol. The maximum absolute atomic E-state index is 11.4. The van der Waals surface area contributed by atoms with Crippen molar-refractivity contribution in [2.75, 3.05) is 26.4 Å². The molecule has 1 N–H and O–H groups in total. The van der Waals surface area contributed by atoms with Gasteiger partial charge in [-0.2, -0.15) is 0 Å². The third kappa shape index (κ3) is 3.15. The molecule has 2 aliphatic rings. The standard InChI is InChI=1S/C15H27NO4/c1-4-15(3)8-11(6-7-20-15)16(5-2)13-10-19-9-12(13)14(17)18/h11-13H,4-10H2,1-3H3,(H,17,18). The Labute approximate surface area is 121 Å². The zero-order valence-electron chi connectivity index (χ0n) is 12.8. The molecule has 2 rings (SSSR count). The summed E-state index contributed by atoms with van der Waals surface area (Å²) >= 11 is 0. The third-order valence-electron chi connectivity index (χ3n) is 4.94. The van der Waals surface area contributed by atoms with E-state index in [9.17, 15) is 9.90 Å². The van der Waals surface area contributed by atoms with Crippen LogP contribution in [0.25, 0.3) is 0 Å². The van der Waals surface area contributed by atoms with Crippen LogP contribution in [0, 0.1) is 5.92 Å². The predicted molar refractivity (Wildman–Crippen MR) is 75.8 cm³/mol. The first-order chi connectivity index (χ1) is 9.50. The summed E-state index contributed by atoms with van der Waals surface area (Å²) in [4.78, 5) is 13.7. The number of carboxylic acid groups (broad SMARTS) is 1. The molecule has 0 aromatic rings. The van der Waals surface area contributed by atoms with Crippen molar-refractivity contribution >= 4 is 5.97 Å². The first kappa shape index (κ1) is 15.7. The van der Waals surface area contributed by atoms with Crippen LogP contribution in [0.5, 0.6) is 0 Å². The van der Waals surface area contributed by atoms with Crippen molar-refractivity contribution in [3.63, 3.8) is 0 Å². The highest BCUT2D eigenvalue weighted by molar-refractivity contribution is 5.71. The van der Waals surface area contributed by atoms with E-state index in [1.165, 1.54) is 0 Å². The average Bonchev–Trinajstić information content (AvgIpc) is 2.89. The number of carboxylic acids is 1. The fraction of sp³-hybridized carbons (Fsp3) is 0.933. The van der Waals surface area contributed by atoms with Crippen LogP contribution in [0.4, 0.5) is 0 Å². The van der Waals surface area contributed by atoms with Gasteiger partial charge in [0.2, 0.25) is 0 Å². The number of aliphatic carboxylic acids is 1. The van der Waals surface area contributed by atoms with Crippen LogP contribution in [0.2, 0.25) is 0 Å². The van der Waals surface area contributed by atoms with Gasteiger partial charge in [-0.25, -0.2) is 0 Å². The third-order valence-corrected chi connectivity index (χ3v) is 4.94. The maximum Gasteiger partial charge on any atom is 0.310 e. The molecular formula is C15H27NO4. The van der Waals surface area contributed by atoms with E-state index in [1.54, 1.807) is 0 Å². The van der Waals surface area contributed by atoms with Crippen LogP contribution >= 0.6 is 0 Å². The molecule has 20 heavy (non-hydrogen) atoms. The van der Waals surface area contributed by atoms with Crippen molar-refractivity contribution in [3.05, 3.63) is 0 Å². The highest BCUT2D eigenvalue weighted by atomic mass is 16.5. The van der Waals surface area contributed by atoms with Crippen molar-refractivity contribution in [2.24, 2.45) is 5.92 Å². The molecule has 0 aromatic heterocycles. The highest BCUT2D eigenvalue weighted by Gasteiger charge is 2.42. The molecule has 0 amide bonds. The van der Waals surface area contributed by atoms with E-state index >= 15 is 0 Å². The molecule has 0 radical (unpaired) electrons. The quantitative estimate of drug-likeness (QED) is 0.834. The zero-order chi connectivity index (χ0) is 14.8. The minimum absolute atomic E-state index is 0.00158. The Morgan fingerprint density at radius 2 is 2.15 bits per heavy atom. The number of hydrogen-bond acceptors (Lipinski definition) is 4. The molecule has 2 heterocycles. The van der Waals surface area contributed by atoms with Gasteiger partial charge in [0.25, 0.3) is 0 Å². The van der Waals surface area contributed by atoms with Gasteiger partial charge >= 0.3 is 5.97 Å². The number of rotatable bonds is 5. The Morgan fingerprint density at radius 3 is 2.75 bits per heavy atom. The van der Waals surface area contributed by atoms with Crippen LogP contribution in [-0.2, 0) is 14.3 Å². The molecule has 5 heteroatoms. The van der Waals surface area contributed by atoms with Crippen molar-refractivity contribution < 1.29 is 19.4 Å². The summed E-state index contributed by atoms with van der Waals surface area (Å²) < 4.78 is 11.3. The van der Waals surface area contributed by atoms with Crippen LogP contribution in [-0.4, -0.2) is 60.0 Å². The molecule has 0 saturated carbocycles. The first-order valence-corrected chi connectivity index (χ1v) is 7.71. The van der Waals surface area contributed by atoms with Gasteiger partial charge in [0.05, 0.1) is 24.7 Å². The maximum atomic E-state index is 11.4. The molecule has 2 saturated heterocycles. The van der Waals surface area contributed by atoms with E-state index in [0.717, 1.165) is 32.4 Å². The van der Waals surface area contributed by atoms with Crippen molar-refractivity contribution in [1.82, 2.24) is 4.90 Å². The summed E-state index contributed by atoms with van der Waals surface area (Å²) in [7, 11) is 0. The number of likely N-dealkylation sites (N-methyl/N-ethyl adjacent to an activating group) is 1. The van der Waals surface area contributed by atoms with E-state index in [0.29, 0.717) is 19.3 Å². The Balaban J connectivity index is 2.09. The van der Waals surface area contributed by atoms with E-state index in [1.807, 2.05) is 0 Å². The van der Waals surface area contributed by atoms with Gasteiger partial charge in [-0.15, -0.1) is 0 Å². The smallest absolute Gasteiger partial charge is 0.310 e. The molecule has 4 atom stereocenters. The summed E-state index contributed by atoms with van der Waals surface area (Å²) in [5.74, 6) is -1.14. The minimum atomic E-state index is -0.740. The lowest BCUT2D eigenvalue weighted by molar-refractivity contribution is -0.144. The second kappa shape index (κ2) is 6.41. The first-order valence-electron chi connectivity index (χ1n) is 7.71. The Hall–Kier alpha value is -0.650. The molecule has 2 fully saturated rings. The lowest BCUT2D eigenvalue weighted by Crippen LogP contribution is -2.53. The summed E-state index contributed by atoms with van der Waals surface area (Å²) in [6.07, 6.45) is 2.94. The minimum Gasteiger partial charge on any atom is -0.481 e. The number of ether oxygens (including phenoxy) is 2. The van der Waals surface area contributed by atoms with Crippen LogP contribution in [0.15, 0.2) is 0 Å². The monoisotopic (exact) mass is 285 g/mol. The molecule has 0 aliphatic carbocycles. The van der Waals surface area contributed by atoms with Gasteiger partial charge < -0.3 is 14.6 Å². The van der Waals surface area contributed by atoms with Gasteiger partial charge in [0, 0.05) is 18.7 Å². The van der Waals surface area contributed by atoms with Crippen molar-refractivity contribution in [1.29, 1.82) is 0 Å². The van der Waals surface area contributed by atoms with Crippen LogP contribution in [0.1, 0.15) is 40.0 Å². The van der Waals surface area contributed by atoms with Crippen molar-refractivity contribution in [2.45, 2.75) is 57.7 Å². The number of carbonyl (C=O) groups is 1. The molecule has 116 valence electrons. The summed E-state index contributed by atoms with van der Waals surface area (Å²) in [5.41, 5.74) is -0.0749. The highest BCUT2D eigenvalue weighted by Crippen LogP contribution is 2.33. The van der Waals surface area contributed by atoms with E-state index in [4.69, 9.17) is 9.47 Å². The molecular weight excluding hydrogens is 258 g/mol. The molecule has 2 aliphatic heterocycles. The Morgan fingerprint density at radius 1 is 1.40 bits per heavy atom. The lowest BCUT2D eigenvalue weighted by atomic mass is 9.87. The molecule has 0 spiro atoms. The van der Waals surface area contributed by atoms with E-state index in [-0.39, 0.29) is 11.6 Å². The van der Waals surface area contributed by atoms with Gasteiger partial charge in [0.15, 0.2) is 0 Å². The Kier molecular flexibility index (Phi) is 5.04. The molecule has 0 bridgehead atoms.